The van der Waals surface area contributed by atoms with Gasteiger partial charge in [0, 0.05) is 42.4 Å². The molecule has 0 saturated heterocycles. The molecular weight excluding hydrogens is 416 g/mol. The zero-order valence-electron chi connectivity index (χ0n) is 16.8. The van der Waals surface area contributed by atoms with Crippen LogP contribution >= 0.6 is 0 Å². The summed E-state index contributed by atoms with van der Waals surface area (Å²) in [4.78, 5) is 21.5. The van der Waals surface area contributed by atoms with Gasteiger partial charge < -0.3 is 15.4 Å². The molecule has 0 aliphatic carbocycles. The fourth-order valence-electron chi connectivity index (χ4n) is 4.40. The van der Waals surface area contributed by atoms with Crippen LogP contribution in [0.15, 0.2) is 42.9 Å². The number of carbonyl (C=O) groups is 1. The zero-order valence-corrected chi connectivity index (χ0v) is 16.8. The van der Waals surface area contributed by atoms with E-state index < -0.39 is 0 Å². The summed E-state index contributed by atoms with van der Waals surface area (Å²) in [6.45, 7) is 0.969. The van der Waals surface area contributed by atoms with E-state index in [2.05, 4.69) is 20.6 Å². The Hall–Kier alpha value is -4.01. The Kier molecular flexibility index (Phi) is 4.11. The van der Waals surface area contributed by atoms with Crippen molar-refractivity contribution in [2.45, 2.75) is 19.5 Å². The first kappa shape index (κ1) is 18.7. The van der Waals surface area contributed by atoms with Crippen LogP contribution in [0.4, 0.5) is 14.7 Å². The van der Waals surface area contributed by atoms with Gasteiger partial charge in [0.15, 0.2) is 5.69 Å². The number of nitrogens with one attached hydrogen (secondary N) is 2. The zero-order chi connectivity index (χ0) is 21.8. The van der Waals surface area contributed by atoms with Crippen LogP contribution in [-0.4, -0.2) is 26.9 Å². The minimum absolute atomic E-state index is 0.185. The number of anilines is 1. The van der Waals surface area contributed by atoms with Crippen molar-refractivity contribution in [3.63, 3.8) is 0 Å². The average molecular weight is 433 g/mol. The molecule has 7 nitrogen and oxygen atoms in total. The second-order valence-electron chi connectivity index (χ2n) is 7.75. The molecule has 2 N–H and O–H groups in total. The van der Waals surface area contributed by atoms with Crippen LogP contribution in [0.25, 0.3) is 16.6 Å². The van der Waals surface area contributed by atoms with Gasteiger partial charge in [-0.1, -0.05) is 6.07 Å². The topological polar surface area (TPSA) is 80.5 Å². The van der Waals surface area contributed by atoms with Gasteiger partial charge in [0.05, 0.1) is 12.1 Å². The van der Waals surface area contributed by atoms with E-state index in [4.69, 9.17) is 4.74 Å². The van der Waals surface area contributed by atoms with Gasteiger partial charge in [0.25, 0.3) is 5.91 Å². The normalized spacial score (nSPS) is 14.2. The summed E-state index contributed by atoms with van der Waals surface area (Å²) in [6, 6.07) is 7.47. The average Bonchev–Trinajstić information content (AvgIpc) is 3.44. The first-order valence-electron chi connectivity index (χ1n) is 10.2. The van der Waals surface area contributed by atoms with Gasteiger partial charge in [-0.05, 0) is 35.4 Å². The molecule has 2 aliphatic rings. The van der Waals surface area contributed by atoms with Gasteiger partial charge in [-0.25, -0.2) is 18.7 Å². The molecule has 0 spiro atoms. The number of carbonyl (C=O) groups excluding carboxylic acids is 1. The van der Waals surface area contributed by atoms with Gasteiger partial charge in [-0.3, -0.25) is 9.20 Å². The number of halogens is 2. The summed E-state index contributed by atoms with van der Waals surface area (Å²) in [7, 11) is 0. The molecule has 2 aliphatic heterocycles. The minimum atomic E-state index is -0.382. The molecule has 0 unspecified atom stereocenters. The van der Waals surface area contributed by atoms with Crippen molar-refractivity contribution in [1.29, 1.82) is 0 Å². The quantitative estimate of drug-likeness (QED) is 0.517. The van der Waals surface area contributed by atoms with Gasteiger partial charge in [0.1, 0.15) is 23.7 Å². The Morgan fingerprint density at radius 3 is 2.97 bits per heavy atom. The number of imidazole rings is 1. The highest BCUT2D eigenvalue weighted by atomic mass is 19.1. The van der Waals surface area contributed by atoms with Crippen LogP contribution in [0.5, 0.6) is 5.75 Å². The number of amides is 1. The van der Waals surface area contributed by atoms with Gasteiger partial charge in [0.2, 0.25) is 5.95 Å². The number of hydrogen-bond acceptors (Lipinski definition) is 5. The smallest absolute Gasteiger partial charge is 0.272 e. The Labute approximate surface area is 181 Å². The molecule has 0 fully saturated rings. The summed E-state index contributed by atoms with van der Waals surface area (Å²) in [5, 5.41) is 5.98. The molecule has 2 aromatic heterocycles. The molecule has 0 atom stereocenters. The second-order valence-corrected chi connectivity index (χ2v) is 7.75. The van der Waals surface area contributed by atoms with E-state index in [9.17, 15) is 13.6 Å². The third-order valence-corrected chi connectivity index (χ3v) is 5.95. The first-order chi connectivity index (χ1) is 15.6. The monoisotopic (exact) mass is 433 g/mol. The lowest BCUT2D eigenvalue weighted by Crippen LogP contribution is -2.25. The molecule has 4 heterocycles. The lowest BCUT2D eigenvalue weighted by atomic mass is 9.98. The second kappa shape index (κ2) is 7.01. The van der Waals surface area contributed by atoms with Crippen molar-refractivity contribution in [2.24, 2.45) is 0 Å². The Morgan fingerprint density at radius 2 is 2.06 bits per heavy atom. The minimum Gasteiger partial charge on any atom is -0.493 e. The van der Waals surface area contributed by atoms with Gasteiger partial charge in [-0.2, -0.15) is 0 Å². The summed E-state index contributed by atoms with van der Waals surface area (Å²) < 4.78 is 35.7. The van der Waals surface area contributed by atoms with Crippen molar-refractivity contribution in [1.82, 2.24) is 19.7 Å². The lowest BCUT2D eigenvalue weighted by Gasteiger charge is -2.17. The number of hydrogen-bond donors (Lipinski definition) is 2. The molecule has 0 radical (unpaired) electrons. The van der Waals surface area contributed by atoms with E-state index in [0.717, 1.165) is 11.1 Å². The van der Waals surface area contributed by atoms with Crippen molar-refractivity contribution in [3.8, 4) is 16.9 Å². The molecule has 0 bridgehead atoms. The highest BCUT2D eigenvalue weighted by molar-refractivity contribution is 6.04. The SMILES string of the molecule is O=C1NCc2ccc(F)cc2-c2cnc(NCc3c(F)ccc4c3CCO4)n3cnc1c23. The van der Waals surface area contributed by atoms with E-state index in [1.54, 1.807) is 22.7 Å². The largest absolute Gasteiger partial charge is 0.493 e. The standard InChI is InChI=1S/C23H17F2N5O2/c24-13-2-1-12-8-26-22(31)20-21-17(15(12)7-13)10-28-23(30(21)11-29-20)27-9-16-14-5-6-32-19(14)4-3-18(16)25/h1-4,7,10-11H,5-6,8-9H2,(H,26,31)(H,27,28). The molecule has 2 aromatic carbocycles. The molecule has 160 valence electrons. The number of fused-ring (bicyclic) bond motifs is 3. The van der Waals surface area contributed by atoms with Crippen LogP contribution < -0.4 is 15.4 Å². The highest BCUT2D eigenvalue weighted by Crippen LogP contribution is 2.34. The Bertz CT molecular complexity index is 1420. The molecule has 4 aromatic rings. The molecule has 6 rings (SSSR count). The highest BCUT2D eigenvalue weighted by Gasteiger charge is 2.25. The van der Waals surface area contributed by atoms with E-state index in [1.807, 2.05) is 0 Å². The van der Waals surface area contributed by atoms with Crippen molar-refractivity contribution in [2.75, 3.05) is 11.9 Å². The predicted molar refractivity (Wildman–Crippen MR) is 112 cm³/mol. The van der Waals surface area contributed by atoms with Crippen LogP contribution in [-0.2, 0) is 19.5 Å². The third kappa shape index (κ3) is 2.81. The lowest BCUT2D eigenvalue weighted by molar-refractivity contribution is 0.0948. The van der Waals surface area contributed by atoms with Crippen LogP contribution in [0, 0.1) is 11.6 Å². The van der Waals surface area contributed by atoms with Crippen molar-refractivity contribution in [3.05, 3.63) is 76.9 Å². The molecule has 32 heavy (non-hydrogen) atoms. The number of nitrogens with zero attached hydrogens (tertiary/aromatic N) is 3. The number of benzene rings is 2. The van der Waals surface area contributed by atoms with E-state index in [0.29, 0.717) is 46.9 Å². The van der Waals surface area contributed by atoms with Crippen molar-refractivity contribution < 1.29 is 18.3 Å². The Balaban J connectivity index is 1.46. The van der Waals surface area contributed by atoms with E-state index in [1.165, 1.54) is 24.5 Å². The number of ether oxygens (including phenoxy) is 1. The van der Waals surface area contributed by atoms with Gasteiger partial charge in [-0.15, -0.1) is 0 Å². The number of rotatable bonds is 3. The summed E-state index contributed by atoms with van der Waals surface area (Å²) in [5.74, 6) is 0.0560. The molecular formula is C23H17F2N5O2. The maximum Gasteiger partial charge on any atom is 0.272 e. The first-order valence-corrected chi connectivity index (χ1v) is 10.2. The van der Waals surface area contributed by atoms with Gasteiger partial charge >= 0.3 is 0 Å². The fourth-order valence-corrected chi connectivity index (χ4v) is 4.40. The predicted octanol–water partition coefficient (Wildman–Crippen LogP) is 3.46. The van der Waals surface area contributed by atoms with E-state index >= 15 is 0 Å². The van der Waals surface area contributed by atoms with Crippen molar-refractivity contribution >= 4 is 17.4 Å². The third-order valence-electron chi connectivity index (χ3n) is 5.95. The van der Waals surface area contributed by atoms with E-state index in [-0.39, 0.29) is 36.3 Å². The summed E-state index contributed by atoms with van der Waals surface area (Å²) in [5.41, 5.74) is 4.11. The van der Waals surface area contributed by atoms with Crippen LogP contribution in [0.3, 0.4) is 0 Å². The van der Waals surface area contributed by atoms with Crippen LogP contribution in [0.1, 0.15) is 27.2 Å². The summed E-state index contributed by atoms with van der Waals surface area (Å²) in [6.07, 6.45) is 3.72. The molecule has 0 saturated carbocycles. The Morgan fingerprint density at radius 1 is 1.16 bits per heavy atom. The fraction of sp³-hybridized carbons (Fsp3) is 0.174. The number of aromatic nitrogens is 3. The van der Waals surface area contributed by atoms with Crippen LogP contribution in [0.2, 0.25) is 0 Å². The maximum atomic E-state index is 14.5. The molecule has 1 amide bonds. The maximum absolute atomic E-state index is 14.5. The molecule has 9 heteroatoms. The summed E-state index contributed by atoms with van der Waals surface area (Å²) >= 11 is 0.